The fraction of sp³-hybridized carbons (Fsp3) is 0.500. The number of esters is 1. The van der Waals surface area contributed by atoms with Gasteiger partial charge in [-0.05, 0) is 13.3 Å². The molecule has 0 bridgehead atoms. The summed E-state index contributed by atoms with van der Waals surface area (Å²) in [5.74, 6) is -0.608. The van der Waals surface area contributed by atoms with E-state index < -0.39 is 18.4 Å². The molecule has 0 fully saturated rings. The van der Waals surface area contributed by atoms with E-state index in [0.29, 0.717) is 0 Å². The van der Waals surface area contributed by atoms with Crippen molar-refractivity contribution < 1.29 is 19.4 Å². The molecule has 78 valence electrons. The first-order valence-electron chi connectivity index (χ1n) is 4.45. The second-order valence-electron chi connectivity index (χ2n) is 3.18. The topological polar surface area (TPSA) is 55.8 Å². The molecule has 4 heteroatoms. The van der Waals surface area contributed by atoms with Crippen LogP contribution in [-0.2, 0) is 14.3 Å². The lowest BCUT2D eigenvalue weighted by atomic mass is 10.1. The Morgan fingerprint density at radius 3 is 2.86 bits per heavy atom. The summed E-state index contributed by atoms with van der Waals surface area (Å²) in [6.45, 7) is 6.87. The van der Waals surface area contributed by atoms with Gasteiger partial charge in [-0.1, -0.05) is 13.5 Å². The molecule has 1 heterocycles. The van der Waals surface area contributed by atoms with Crippen LogP contribution in [0.25, 0.3) is 0 Å². The van der Waals surface area contributed by atoms with Crippen LogP contribution in [0.5, 0.6) is 0 Å². The summed E-state index contributed by atoms with van der Waals surface area (Å²) >= 11 is 0. The van der Waals surface area contributed by atoms with Crippen LogP contribution in [0.2, 0.25) is 0 Å². The van der Waals surface area contributed by atoms with E-state index in [4.69, 9.17) is 9.47 Å². The summed E-state index contributed by atoms with van der Waals surface area (Å²) in [7, 11) is 0. The lowest BCUT2D eigenvalue weighted by molar-refractivity contribution is -0.183. The first-order chi connectivity index (χ1) is 6.56. The highest BCUT2D eigenvalue weighted by atomic mass is 16.7. The summed E-state index contributed by atoms with van der Waals surface area (Å²) < 4.78 is 9.66. The third-order valence-corrected chi connectivity index (χ3v) is 1.97. The summed E-state index contributed by atoms with van der Waals surface area (Å²) in [5, 5.41) is 9.44. The maximum Gasteiger partial charge on any atom is 0.335 e. The van der Waals surface area contributed by atoms with Crippen LogP contribution in [-0.4, -0.2) is 23.5 Å². The van der Waals surface area contributed by atoms with Crippen LogP contribution in [0.15, 0.2) is 24.0 Å². The van der Waals surface area contributed by atoms with Crippen LogP contribution in [0.3, 0.4) is 0 Å². The fourth-order valence-electron chi connectivity index (χ4n) is 1.05. The van der Waals surface area contributed by atoms with Crippen LogP contribution in [0, 0.1) is 0 Å². The minimum absolute atomic E-state index is 0.255. The molecule has 0 aromatic rings. The van der Waals surface area contributed by atoms with Gasteiger partial charge >= 0.3 is 5.97 Å². The summed E-state index contributed by atoms with van der Waals surface area (Å²) in [6, 6.07) is 0. The van der Waals surface area contributed by atoms with E-state index in [-0.39, 0.29) is 5.57 Å². The van der Waals surface area contributed by atoms with Crippen molar-refractivity contribution in [2.24, 2.45) is 0 Å². The zero-order valence-electron chi connectivity index (χ0n) is 8.32. The third-order valence-electron chi connectivity index (χ3n) is 1.97. The van der Waals surface area contributed by atoms with Gasteiger partial charge in [0.05, 0.1) is 6.26 Å². The van der Waals surface area contributed by atoms with Crippen LogP contribution < -0.4 is 0 Å². The largest absolute Gasteiger partial charge is 0.487 e. The molecular weight excluding hydrogens is 184 g/mol. The zero-order chi connectivity index (χ0) is 10.7. The van der Waals surface area contributed by atoms with Gasteiger partial charge in [0.15, 0.2) is 6.10 Å². The number of hydrogen-bond acceptors (Lipinski definition) is 4. The molecule has 4 nitrogen and oxygen atoms in total. The number of hydrogen-bond donors (Lipinski definition) is 1. The Kier molecular flexibility index (Phi) is 3.30. The van der Waals surface area contributed by atoms with Gasteiger partial charge in [0.2, 0.25) is 6.29 Å². The van der Waals surface area contributed by atoms with Crippen LogP contribution in [0.1, 0.15) is 20.3 Å². The predicted octanol–water partition coefficient (Wildman–Crippen LogP) is 1.12. The molecule has 1 aliphatic rings. The van der Waals surface area contributed by atoms with Crippen molar-refractivity contribution in [2.45, 2.75) is 32.7 Å². The van der Waals surface area contributed by atoms with Crippen molar-refractivity contribution in [1.82, 2.24) is 0 Å². The molecule has 2 atom stereocenters. The van der Waals surface area contributed by atoms with E-state index in [1.165, 1.54) is 6.92 Å². The van der Waals surface area contributed by atoms with E-state index in [1.807, 2.05) is 6.92 Å². The average Bonchev–Trinajstić information content (AvgIpc) is 2.02. The van der Waals surface area contributed by atoms with Gasteiger partial charge in [-0.2, -0.15) is 0 Å². The Labute approximate surface area is 82.8 Å². The maximum absolute atomic E-state index is 11.0. The molecule has 0 amide bonds. The van der Waals surface area contributed by atoms with Crippen molar-refractivity contribution in [3.8, 4) is 0 Å². The zero-order valence-corrected chi connectivity index (χ0v) is 8.32. The number of ether oxygens (including phenoxy) is 2. The number of carbonyl (C=O) groups is 1. The van der Waals surface area contributed by atoms with Gasteiger partial charge in [0.25, 0.3) is 0 Å². The average molecular weight is 198 g/mol. The molecule has 0 saturated heterocycles. The highest BCUT2D eigenvalue weighted by molar-refractivity contribution is 5.87. The fourth-order valence-corrected chi connectivity index (χ4v) is 1.05. The third kappa shape index (κ3) is 2.14. The standard InChI is InChI=1S/C10H14O4/c1-4-7-5-13-8(7)10(12)14-9(11)6(2)3/h5,8,10,12H,2,4H2,1,3H3. The smallest absolute Gasteiger partial charge is 0.335 e. The van der Waals surface area contributed by atoms with E-state index in [0.717, 1.165) is 12.0 Å². The Bertz CT molecular complexity index is 280. The van der Waals surface area contributed by atoms with Crippen molar-refractivity contribution >= 4 is 5.97 Å². The molecule has 0 aromatic carbocycles. The van der Waals surface area contributed by atoms with Crippen LogP contribution >= 0.6 is 0 Å². The van der Waals surface area contributed by atoms with Gasteiger partial charge in [-0.3, -0.25) is 0 Å². The number of rotatable bonds is 4. The van der Waals surface area contributed by atoms with Gasteiger partial charge in [-0.25, -0.2) is 4.79 Å². The number of aliphatic hydroxyl groups is 1. The normalized spacial score (nSPS) is 21.4. The van der Waals surface area contributed by atoms with E-state index >= 15 is 0 Å². The highest BCUT2D eigenvalue weighted by Crippen LogP contribution is 2.25. The quantitative estimate of drug-likeness (QED) is 0.418. The Balaban J connectivity index is 2.44. The monoisotopic (exact) mass is 198 g/mol. The second kappa shape index (κ2) is 4.28. The number of aliphatic hydroxyl groups excluding tert-OH is 1. The molecule has 0 aromatic heterocycles. The molecule has 1 aliphatic heterocycles. The molecule has 1 N–H and O–H groups in total. The van der Waals surface area contributed by atoms with Gasteiger partial charge in [0.1, 0.15) is 0 Å². The molecule has 0 spiro atoms. The Morgan fingerprint density at radius 1 is 1.86 bits per heavy atom. The predicted molar refractivity (Wildman–Crippen MR) is 50.2 cm³/mol. The lowest BCUT2D eigenvalue weighted by Gasteiger charge is -2.30. The summed E-state index contributed by atoms with van der Waals surface area (Å²) in [4.78, 5) is 11.0. The minimum Gasteiger partial charge on any atom is -0.487 e. The van der Waals surface area contributed by atoms with E-state index in [1.54, 1.807) is 6.26 Å². The van der Waals surface area contributed by atoms with Crippen molar-refractivity contribution in [1.29, 1.82) is 0 Å². The second-order valence-corrected chi connectivity index (χ2v) is 3.18. The van der Waals surface area contributed by atoms with Crippen molar-refractivity contribution in [2.75, 3.05) is 0 Å². The molecule has 0 aliphatic carbocycles. The van der Waals surface area contributed by atoms with E-state index in [2.05, 4.69) is 6.58 Å². The minimum atomic E-state index is -1.24. The van der Waals surface area contributed by atoms with Crippen LogP contribution in [0.4, 0.5) is 0 Å². The summed E-state index contributed by atoms with van der Waals surface area (Å²) in [6.07, 6.45) is 0.580. The molecular formula is C10H14O4. The Morgan fingerprint density at radius 2 is 2.50 bits per heavy atom. The lowest BCUT2D eigenvalue weighted by Crippen LogP contribution is -2.38. The molecule has 0 saturated carbocycles. The molecule has 14 heavy (non-hydrogen) atoms. The first kappa shape index (κ1) is 10.8. The van der Waals surface area contributed by atoms with Gasteiger partial charge in [0, 0.05) is 11.1 Å². The van der Waals surface area contributed by atoms with Gasteiger partial charge < -0.3 is 14.6 Å². The first-order valence-corrected chi connectivity index (χ1v) is 4.45. The molecule has 1 rings (SSSR count). The van der Waals surface area contributed by atoms with Gasteiger partial charge in [-0.15, -0.1) is 0 Å². The van der Waals surface area contributed by atoms with Crippen molar-refractivity contribution in [3.05, 3.63) is 24.0 Å². The summed E-state index contributed by atoms with van der Waals surface area (Å²) in [5.41, 5.74) is 1.19. The SMILES string of the molecule is C=C(C)C(=O)OC(O)C1OC=C1CC. The molecule has 2 unspecified atom stereocenters. The maximum atomic E-state index is 11.0. The van der Waals surface area contributed by atoms with E-state index in [9.17, 15) is 9.90 Å². The van der Waals surface area contributed by atoms with Crippen molar-refractivity contribution in [3.63, 3.8) is 0 Å². The molecule has 0 radical (unpaired) electrons. The number of carbonyl (C=O) groups excluding carboxylic acids is 1. The highest BCUT2D eigenvalue weighted by Gasteiger charge is 2.32. The Hall–Kier alpha value is -1.29.